The molecule has 0 amide bonds. The van der Waals surface area contributed by atoms with Gasteiger partial charge in [0.1, 0.15) is 11.6 Å². The Balaban J connectivity index is 2.28. The molecule has 1 unspecified atom stereocenters. The van der Waals surface area contributed by atoms with Gasteiger partial charge in [-0.3, -0.25) is 4.79 Å². The van der Waals surface area contributed by atoms with Gasteiger partial charge in [-0.1, -0.05) is 6.07 Å². The van der Waals surface area contributed by atoms with Crippen LogP contribution in [-0.2, 0) is 11.2 Å². The Morgan fingerprint density at radius 3 is 3.06 bits per heavy atom. The molecule has 0 bridgehead atoms. The number of nitrogens with zero attached hydrogens (tertiary/aromatic N) is 1. The zero-order valence-corrected chi connectivity index (χ0v) is 8.80. The van der Waals surface area contributed by atoms with Crippen LogP contribution in [0.25, 0.3) is 11.1 Å². The largest absolute Gasteiger partial charge is 0.480 e. The van der Waals surface area contributed by atoms with Crippen molar-refractivity contribution in [2.45, 2.75) is 19.4 Å². The van der Waals surface area contributed by atoms with Crippen LogP contribution in [0.2, 0.25) is 0 Å². The minimum absolute atomic E-state index is 0.289. The molecule has 0 aliphatic rings. The van der Waals surface area contributed by atoms with E-state index in [-0.39, 0.29) is 6.42 Å². The summed E-state index contributed by atoms with van der Waals surface area (Å²) in [6, 6.07) is 4.49. The molecular formula is C11H12N2O3. The number of fused-ring (bicyclic) bond motifs is 1. The predicted octanol–water partition coefficient (Wildman–Crippen LogP) is 1.09. The number of aromatic nitrogens is 1. The van der Waals surface area contributed by atoms with Crippen LogP contribution in [0.4, 0.5) is 0 Å². The molecule has 84 valence electrons. The molecule has 1 atom stereocenters. The van der Waals surface area contributed by atoms with Gasteiger partial charge in [-0.25, -0.2) is 4.98 Å². The third-order valence-corrected chi connectivity index (χ3v) is 2.33. The van der Waals surface area contributed by atoms with E-state index in [2.05, 4.69) is 4.98 Å². The minimum Gasteiger partial charge on any atom is -0.480 e. The summed E-state index contributed by atoms with van der Waals surface area (Å²) in [6.45, 7) is 1.77. The highest BCUT2D eigenvalue weighted by Gasteiger charge is 2.13. The zero-order chi connectivity index (χ0) is 11.7. The molecule has 0 aliphatic heterocycles. The Hall–Kier alpha value is -1.88. The van der Waals surface area contributed by atoms with Crippen molar-refractivity contribution in [3.63, 3.8) is 0 Å². The number of carboxylic acids is 1. The lowest BCUT2D eigenvalue weighted by molar-refractivity contribution is -0.138. The van der Waals surface area contributed by atoms with Crippen LogP contribution < -0.4 is 5.73 Å². The number of carbonyl (C=O) groups is 1. The molecule has 2 rings (SSSR count). The summed E-state index contributed by atoms with van der Waals surface area (Å²) in [5, 5.41) is 8.70. The minimum atomic E-state index is -1.00. The number of aliphatic carboxylic acids is 1. The average molecular weight is 220 g/mol. The van der Waals surface area contributed by atoms with E-state index in [1.54, 1.807) is 25.1 Å². The summed E-state index contributed by atoms with van der Waals surface area (Å²) in [7, 11) is 0. The van der Waals surface area contributed by atoms with Crippen molar-refractivity contribution in [2.24, 2.45) is 5.73 Å². The van der Waals surface area contributed by atoms with Crippen LogP contribution in [-0.4, -0.2) is 22.1 Å². The molecule has 1 aromatic heterocycles. The van der Waals surface area contributed by atoms with E-state index in [1.807, 2.05) is 0 Å². The zero-order valence-electron chi connectivity index (χ0n) is 8.80. The van der Waals surface area contributed by atoms with Crippen molar-refractivity contribution >= 4 is 17.1 Å². The van der Waals surface area contributed by atoms with E-state index in [0.717, 1.165) is 11.1 Å². The van der Waals surface area contributed by atoms with Gasteiger partial charge in [0.05, 0.1) is 0 Å². The van der Waals surface area contributed by atoms with Crippen molar-refractivity contribution in [2.75, 3.05) is 0 Å². The fourth-order valence-corrected chi connectivity index (χ4v) is 1.56. The lowest BCUT2D eigenvalue weighted by Gasteiger charge is -2.05. The van der Waals surface area contributed by atoms with E-state index in [0.29, 0.717) is 11.5 Å². The molecule has 0 saturated carbocycles. The molecule has 2 aromatic rings. The molecule has 1 aromatic carbocycles. The quantitative estimate of drug-likeness (QED) is 0.808. The molecule has 3 N–H and O–H groups in total. The van der Waals surface area contributed by atoms with Crippen molar-refractivity contribution in [1.29, 1.82) is 0 Å². The van der Waals surface area contributed by atoms with E-state index in [9.17, 15) is 4.79 Å². The summed E-state index contributed by atoms with van der Waals surface area (Å²) in [4.78, 5) is 14.8. The van der Waals surface area contributed by atoms with Crippen LogP contribution in [0.15, 0.2) is 22.6 Å². The van der Waals surface area contributed by atoms with Crippen LogP contribution in [0.3, 0.4) is 0 Å². The van der Waals surface area contributed by atoms with Gasteiger partial charge in [0.15, 0.2) is 11.5 Å². The lowest BCUT2D eigenvalue weighted by Crippen LogP contribution is -2.32. The molecule has 0 aliphatic carbocycles. The molecule has 0 radical (unpaired) electrons. The molecule has 16 heavy (non-hydrogen) atoms. The van der Waals surface area contributed by atoms with Gasteiger partial charge < -0.3 is 15.3 Å². The van der Waals surface area contributed by atoms with Crippen molar-refractivity contribution in [3.05, 3.63) is 29.7 Å². The Bertz CT molecular complexity index is 533. The van der Waals surface area contributed by atoms with E-state index in [4.69, 9.17) is 15.3 Å². The molecular weight excluding hydrogens is 208 g/mol. The van der Waals surface area contributed by atoms with Crippen LogP contribution in [0.1, 0.15) is 11.5 Å². The molecule has 5 heteroatoms. The van der Waals surface area contributed by atoms with Crippen LogP contribution in [0.5, 0.6) is 0 Å². The monoisotopic (exact) mass is 220 g/mol. The SMILES string of the molecule is Cc1nc2cc(CC(N)C(=O)O)ccc2o1. The average Bonchev–Trinajstić information content (AvgIpc) is 2.57. The summed E-state index contributed by atoms with van der Waals surface area (Å²) in [6.07, 6.45) is 0.289. The Labute approximate surface area is 91.9 Å². The summed E-state index contributed by atoms with van der Waals surface area (Å²) in [5.74, 6) is -0.411. The third-order valence-electron chi connectivity index (χ3n) is 2.33. The Morgan fingerprint density at radius 1 is 1.62 bits per heavy atom. The highest BCUT2D eigenvalue weighted by molar-refractivity contribution is 5.75. The maximum Gasteiger partial charge on any atom is 0.320 e. The first-order valence-corrected chi connectivity index (χ1v) is 4.91. The fraction of sp³-hybridized carbons (Fsp3) is 0.273. The predicted molar refractivity (Wildman–Crippen MR) is 58.1 cm³/mol. The van der Waals surface area contributed by atoms with Crippen molar-refractivity contribution < 1.29 is 14.3 Å². The van der Waals surface area contributed by atoms with Gasteiger partial charge in [0.2, 0.25) is 0 Å². The van der Waals surface area contributed by atoms with Crippen LogP contribution >= 0.6 is 0 Å². The van der Waals surface area contributed by atoms with Gasteiger partial charge in [-0.15, -0.1) is 0 Å². The maximum atomic E-state index is 10.6. The number of nitrogens with two attached hydrogens (primary N) is 1. The number of hydrogen-bond donors (Lipinski definition) is 2. The number of hydrogen-bond acceptors (Lipinski definition) is 4. The summed E-state index contributed by atoms with van der Waals surface area (Å²) < 4.78 is 5.32. The first-order chi connectivity index (χ1) is 7.56. The first-order valence-electron chi connectivity index (χ1n) is 4.91. The van der Waals surface area contributed by atoms with E-state index < -0.39 is 12.0 Å². The number of rotatable bonds is 3. The second-order valence-corrected chi connectivity index (χ2v) is 3.68. The number of benzene rings is 1. The molecule has 1 heterocycles. The Morgan fingerprint density at radius 2 is 2.38 bits per heavy atom. The standard InChI is InChI=1S/C11H12N2O3/c1-6-13-9-5-7(2-3-10(9)16-6)4-8(12)11(14)15/h2-3,5,8H,4,12H2,1H3,(H,14,15). The first kappa shape index (κ1) is 10.6. The van der Waals surface area contributed by atoms with Gasteiger partial charge in [0.25, 0.3) is 0 Å². The lowest BCUT2D eigenvalue weighted by atomic mass is 10.1. The normalized spacial score (nSPS) is 12.9. The van der Waals surface area contributed by atoms with Crippen molar-refractivity contribution in [3.8, 4) is 0 Å². The van der Waals surface area contributed by atoms with E-state index >= 15 is 0 Å². The molecule has 0 saturated heterocycles. The topological polar surface area (TPSA) is 89.3 Å². The summed E-state index contributed by atoms with van der Waals surface area (Å²) >= 11 is 0. The van der Waals surface area contributed by atoms with E-state index in [1.165, 1.54) is 0 Å². The fourth-order valence-electron chi connectivity index (χ4n) is 1.56. The highest BCUT2D eigenvalue weighted by atomic mass is 16.4. The summed E-state index contributed by atoms with van der Waals surface area (Å²) in [5.41, 5.74) is 7.73. The van der Waals surface area contributed by atoms with Crippen LogP contribution in [0, 0.1) is 6.92 Å². The second kappa shape index (κ2) is 3.94. The molecule has 0 spiro atoms. The van der Waals surface area contributed by atoms with Crippen molar-refractivity contribution in [1.82, 2.24) is 4.98 Å². The second-order valence-electron chi connectivity index (χ2n) is 3.68. The number of carboxylic acid groups (broad SMARTS) is 1. The van der Waals surface area contributed by atoms with Gasteiger partial charge >= 0.3 is 5.97 Å². The van der Waals surface area contributed by atoms with Gasteiger partial charge in [-0.05, 0) is 24.1 Å². The number of aryl methyl sites for hydroxylation is 1. The van der Waals surface area contributed by atoms with Gasteiger partial charge in [-0.2, -0.15) is 0 Å². The Kier molecular flexibility index (Phi) is 2.62. The maximum absolute atomic E-state index is 10.6. The third kappa shape index (κ3) is 2.04. The smallest absolute Gasteiger partial charge is 0.320 e. The molecule has 5 nitrogen and oxygen atoms in total. The molecule has 0 fully saturated rings. The van der Waals surface area contributed by atoms with Gasteiger partial charge in [0, 0.05) is 6.92 Å². The number of oxazole rings is 1. The highest BCUT2D eigenvalue weighted by Crippen LogP contribution is 2.17.